The average molecular weight is 690 g/mol. The van der Waals surface area contributed by atoms with Crippen molar-refractivity contribution < 1.29 is 0 Å². The summed E-state index contributed by atoms with van der Waals surface area (Å²) in [6, 6.07) is 61.3. The third kappa shape index (κ3) is 5.84. The first-order valence-corrected chi connectivity index (χ1v) is 18.0. The van der Waals surface area contributed by atoms with Crippen LogP contribution in [0.25, 0.3) is 100 Å². The first-order valence-electron chi connectivity index (χ1n) is 18.0. The number of fused-ring (bicyclic) bond motifs is 4. The van der Waals surface area contributed by atoms with Crippen LogP contribution in [0.1, 0.15) is 0 Å². The van der Waals surface area contributed by atoms with E-state index in [1.54, 1.807) is 12.4 Å². The summed E-state index contributed by atoms with van der Waals surface area (Å²) in [6.07, 6.45) is 3.55. The zero-order chi connectivity index (χ0) is 35.8. The summed E-state index contributed by atoms with van der Waals surface area (Å²) in [5, 5.41) is 7.12. The van der Waals surface area contributed by atoms with Crippen molar-refractivity contribution in [2.75, 3.05) is 0 Å². The summed E-state index contributed by atoms with van der Waals surface area (Å²) < 4.78 is 0. The zero-order valence-electron chi connectivity index (χ0n) is 29.1. The molecule has 10 aromatic rings. The molecule has 5 heteroatoms. The van der Waals surface area contributed by atoms with Gasteiger partial charge in [0.2, 0.25) is 0 Å². The molecule has 8 aromatic carbocycles. The Morgan fingerprint density at radius 2 is 0.815 bits per heavy atom. The Labute approximate surface area is 312 Å². The van der Waals surface area contributed by atoms with Gasteiger partial charge in [-0.25, -0.2) is 24.9 Å². The van der Waals surface area contributed by atoms with E-state index >= 15 is 0 Å². The highest BCUT2D eigenvalue weighted by Crippen LogP contribution is 2.39. The molecule has 0 saturated heterocycles. The van der Waals surface area contributed by atoms with Crippen LogP contribution in [0.15, 0.2) is 188 Å². The van der Waals surface area contributed by atoms with E-state index in [2.05, 4.69) is 143 Å². The Hall–Kier alpha value is -7.37. The normalized spacial score (nSPS) is 11.3. The number of benzene rings is 8. The topological polar surface area (TPSA) is 64.5 Å². The van der Waals surface area contributed by atoms with E-state index in [9.17, 15) is 0 Å². The minimum absolute atomic E-state index is 0.600. The van der Waals surface area contributed by atoms with E-state index in [0.717, 1.165) is 49.9 Å². The van der Waals surface area contributed by atoms with Gasteiger partial charge in [0.25, 0.3) is 0 Å². The van der Waals surface area contributed by atoms with Crippen molar-refractivity contribution in [3.05, 3.63) is 188 Å². The van der Waals surface area contributed by atoms with E-state index < -0.39 is 0 Å². The minimum Gasteiger partial charge on any atom is -0.237 e. The maximum Gasteiger partial charge on any atom is 0.164 e. The molecule has 0 spiro atoms. The van der Waals surface area contributed by atoms with Gasteiger partial charge >= 0.3 is 0 Å². The molecule has 5 nitrogen and oxygen atoms in total. The van der Waals surface area contributed by atoms with E-state index in [4.69, 9.17) is 15.0 Å². The molecule has 252 valence electrons. The lowest BCUT2D eigenvalue weighted by Crippen LogP contribution is -2.00. The van der Waals surface area contributed by atoms with Crippen molar-refractivity contribution in [2.45, 2.75) is 0 Å². The minimum atomic E-state index is 0.600. The third-order valence-electron chi connectivity index (χ3n) is 9.97. The molecule has 0 unspecified atom stereocenters. The Morgan fingerprint density at radius 1 is 0.259 bits per heavy atom. The number of aromatic nitrogens is 5. The largest absolute Gasteiger partial charge is 0.237 e. The fourth-order valence-electron chi connectivity index (χ4n) is 7.34. The molecule has 54 heavy (non-hydrogen) atoms. The second kappa shape index (κ2) is 13.3. The van der Waals surface area contributed by atoms with Gasteiger partial charge in [0.15, 0.2) is 23.3 Å². The summed E-state index contributed by atoms with van der Waals surface area (Å²) in [6.45, 7) is 0. The highest BCUT2D eigenvalue weighted by molar-refractivity contribution is 6.14. The van der Waals surface area contributed by atoms with Crippen LogP contribution < -0.4 is 0 Å². The molecule has 0 aliphatic heterocycles. The molecule has 0 amide bonds. The molecule has 2 aromatic heterocycles. The van der Waals surface area contributed by atoms with Crippen LogP contribution in [0.5, 0.6) is 0 Å². The van der Waals surface area contributed by atoms with Gasteiger partial charge in [-0.2, -0.15) is 0 Å². The van der Waals surface area contributed by atoms with Crippen molar-refractivity contribution in [1.82, 2.24) is 24.9 Å². The van der Waals surface area contributed by atoms with Gasteiger partial charge in [0.1, 0.15) is 0 Å². The molecule has 0 aliphatic rings. The highest BCUT2D eigenvalue weighted by Gasteiger charge is 2.17. The zero-order valence-corrected chi connectivity index (χ0v) is 29.1. The van der Waals surface area contributed by atoms with Gasteiger partial charge in [0.05, 0.1) is 0 Å². The summed E-state index contributed by atoms with van der Waals surface area (Å²) >= 11 is 0. The second-order valence-corrected chi connectivity index (χ2v) is 13.4. The van der Waals surface area contributed by atoms with E-state index in [1.165, 1.54) is 26.9 Å². The predicted molar refractivity (Wildman–Crippen MR) is 221 cm³/mol. The molecular formula is C49H31N5. The van der Waals surface area contributed by atoms with Crippen molar-refractivity contribution in [1.29, 1.82) is 0 Å². The maximum atomic E-state index is 5.21. The van der Waals surface area contributed by atoms with Crippen LogP contribution in [-0.2, 0) is 0 Å². The fourth-order valence-corrected chi connectivity index (χ4v) is 7.34. The molecule has 2 heterocycles. The molecule has 0 bridgehead atoms. The monoisotopic (exact) mass is 689 g/mol. The van der Waals surface area contributed by atoms with Gasteiger partial charge in [-0.05, 0) is 97.0 Å². The lowest BCUT2D eigenvalue weighted by atomic mass is 9.90. The van der Waals surface area contributed by atoms with Crippen molar-refractivity contribution >= 4 is 32.3 Å². The molecule has 0 atom stereocenters. The summed E-state index contributed by atoms with van der Waals surface area (Å²) in [5.41, 5.74) is 7.98. The second-order valence-electron chi connectivity index (χ2n) is 13.4. The van der Waals surface area contributed by atoms with Gasteiger partial charge in [0, 0.05) is 34.6 Å². The standard InChI is InChI=1S/C49H31N5/c1-2-13-33(14-3-1)47-52-48(38-23-22-32-12-4-5-15-34(32)26-38)54-49(53-47)41-29-39(35-17-10-18-37(27-35)46-50-24-11-25-51-46)28-40(30-41)45-31-36-16-6-7-19-42(36)43-20-8-9-21-44(43)45/h1-31H. The number of nitrogens with zero attached hydrogens (tertiary/aromatic N) is 5. The molecule has 0 radical (unpaired) electrons. The number of rotatable bonds is 6. The first-order chi connectivity index (χ1) is 26.7. The van der Waals surface area contributed by atoms with Gasteiger partial charge in [-0.15, -0.1) is 0 Å². The third-order valence-corrected chi connectivity index (χ3v) is 9.97. The van der Waals surface area contributed by atoms with Crippen LogP contribution in [0.3, 0.4) is 0 Å². The molecule has 10 rings (SSSR count). The molecular weight excluding hydrogens is 659 g/mol. The Kier molecular flexibility index (Phi) is 7.73. The average Bonchev–Trinajstić information content (AvgIpc) is 3.26. The Morgan fingerprint density at radius 3 is 1.63 bits per heavy atom. The number of hydrogen-bond acceptors (Lipinski definition) is 5. The predicted octanol–water partition coefficient (Wildman–Crippen LogP) is 12.1. The smallest absolute Gasteiger partial charge is 0.164 e. The Bertz CT molecular complexity index is 3000. The summed E-state index contributed by atoms with van der Waals surface area (Å²) in [7, 11) is 0. The lowest BCUT2D eigenvalue weighted by Gasteiger charge is -2.15. The molecule has 0 fully saturated rings. The molecule has 0 N–H and O–H groups in total. The summed E-state index contributed by atoms with van der Waals surface area (Å²) in [5.74, 6) is 2.52. The molecule has 0 saturated carbocycles. The van der Waals surface area contributed by atoms with Crippen LogP contribution in [0.4, 0.5) is 0 Å². The van der Waals surface area contributed by atoms with Crippen molar-refractivity contribution in [2.24, 2.45) is 0 Å². The van der Waals surface area contributed by atoms with Crippen LogP contribution in [0, 0.1) is 0 Å². The summed E-state index contributed by atoms with van der Waals surface area (Å²) in [4.78, 5) is 24.5. The van der Waals surface area contributed by atoms with Gasteiger partial charge in [-0.3, -0.25) is 0 Å². The van der Waals surface area contributed by atoms with E-state index in [1.807, 2.05) is 42.5 Å². The Balaban J connectivity index is 1.23. The van der Waals surface area contributed by atoms with E-state index in [0.29, 0.717) is 23.3 Å². The van der Waals surface area contributed by atoms with Crippen molar-refractivity contribution in [3.8, 4) is 67.8 Å². The maximum absolute atomic E-state index is 5.21. The fraction of sp³-hybridized carbons (Fsp3) is 0. The first kappa shape index (κ1) is 31.4. The van der Waals surface area contributed by atoms with Crippen LogP contribution in [0.2, 0.25) is 0 Å². The lowest BCUT2D eigenvalue weighted by molar-refractivity contribution is 1.07. The van der Waals surface area contributed by atoms with Gasteiger partial charge in [-0.1, -0.05) is 133 Å². The van der Waals surface area contributed by atoms with Crippen LogP contribution >= 0.6 is 0 Å². The van der Waals surface area contributed by atoms with E-state index in [-0.39, 0.29) is 0 Å². The number of hydrogen-bond donors (Lipinski definition) is 0. The highest BCUT2D eigenvalue weighted by atomic mass is 15.0. The van der Waals surface area contributed by atoms with Crippen molar-refractivity contribution in [3.63, 3.8) is 0 Å². The quantitative estimate of drug-likeness (QED) is 0.163. The SMILES string of the molecule is c1ccc(-c2nc(-c3cc(-c4cccc(-c5ncccn5)c4)cc(-c4cc5ccccc5c5ccccc45)c3)nc(-c3ccc4ccccc4c3)n2)cc1. The van der Waals surface area contributed by atoms with Gasteiger partial charge < -0.3 is 0 Å². The molecule has 0 aliphatic carbocycles. The van der Waals surface area contributed by atoms with Crippen LogP contribution in [-0.4, -0.2) is 24.9 Å².